The Morgan fingerprint density at radius 1 is 1.15 bits per heavy atom. The van der Waals surface area contributed by atoms with Gasteiger partial charge in [-0.1, -0.05) is 0 Å². The molecule has 0 aromatic rings. The SMILES string of the molecule is O=P([O-])(O)O.O=S(=O)(O)O.[Cl-].[K+].[NH4+]. The number of phosphoric acid groups is 1. The fourth-order valence-electron chi connectivity index (χ4n) is 0. The van der Waals surface area contributed by atoms with Gasteiger partial charge in [0.05, 0.1) is 0 Å². The molecule has 0 aromatic heterocycles. The maximum Gasteiger partial charge on any atom is 1.00 e. The first-order valence-corrected chi connectivity index (χ1v) is 4.39. The van der Waals surface area contributed by atoms with Crippen LogP contribution in [-0.4, -0.2) is 27.3 Å². The number of quaternary nitrogens is 1. The van der Waals surface area contributed by atoms with Crippen LogP contribution in [-0.2, 0) is 15.0 Å². The van der Waals surface area contributed by atoms with E-state index in [0.29, 0.717) is 0 Å². The predicted molar refractivity (Wildman–Crippen MR) is 32.2 cm³/mol. The molecule has 0 radical (unpaired) electrons. The average molecular weight is 288 g/mol. The molecular formula is H8ClKNO8PS. The summed E-state index contributed by atoms with van der Waals surface area (Å²) in [5.41, 5.74) is 0. The molecule has 0 unspecified atom stereocenters. The first kappa shape index (κ1) is 29.4. The van der Waals surface area contributed by atoms with E-state index in [1.54, 1.807) is 0 Å². The number of hydrogen-bond acceptors (Lipinski definition) is 4. The minimum atomic E-state index is -4.89. The van der Waals surface area contributed by atoms with E-state index in [2.05, 4.69) is 0 Å². The molecule has 0 rings (SSSR count). The largest absolute Gasteiger partial charge is 1.00 e. The van der Waals surface area contributed by atoms with Gasteiger partial charge in [0.1, 0.15) is 0 Å². The van der Waals surface area contributed by atoms with Gasteiger partial charge in [0.25, 0.3) is 7.82 Å². The van der Waals surface area contributed by atoms with Gasteiger partial charge in [0.15, 0.2) is 0 Å². The van der Waals surface area contributed by atoms with Gasteiger partial charge in [-0.15, -0.1) is 0 Å². The van der Waals surface area contributed by atoms with Crippen LogP contribution in [0.4, 0.5) is 0 Å². The van der Waals surface area contributed by atoms with Gasteiger partial charge in [-0.05, 0) is 0 Å². The molecule has 0 saturated carbocycles. The quantitative estimate of drug-likeness (QED) is 0.165. The fourth-order valence-corrected chi connectivity index (χ4v) is 0. The first-order valence-electron chi connectivity index (χ1n) is 1.46. The van der Waals surface area contributed by atoms with Crippen molar-refractivity contribution in [1.29, 1.82) is 0 Å². The molecule has 0 amide bonds. The summed E-state index contributed by atoms with van der Waals surface area (Å²) >= 11 is 0. The molecule has 80 valence electrons. The van der Waals surface area contributed by atoms with Gasteiger partial charge in [-0.3, -0.25) is 13.7 Å². The predicted octanol–water partition coefficient (Wildman–Crippen LogP) is -7.83. The summed E-state index contributed by atoms with van der Waals surface area (Å²) in [5.74, 6) is 0. The van der Waals surface area contributed by atoms with Crippen molar-refractivity contribution in [1.82, 2.24) is 6.15 Å². The molecule has 8 N–H and O–H groups in total. The molecule has 13 heavy (non-hydrogen) atoms. The smallest absolute Gasteiger partial charge is 1.00 e. The summed E-state index contributed by atoms with van der Waals surface area (Å²) in [6, 6.07) is 0. The summed E-state index contributed by atoms with van der Waals surface area (Å²) in [5, 5.41) is 0. The molecule has 0 aliphatic carbocycles. The Morgan fingerprint density at radius 3 is 1.15 bits per heavy atom. The second-order valence-electron chi connectivity index (χ2n) is 0.938. The Bertz CT molecular complexity index is 202. The van der Waals surface area contributed by atoms with E-state index in [-0.39, 0.29) is 69.9 Å². The normalized spacial score (nSPS) is 9.00. The molecule has 0 fully saturated rings. The van der Waals surface area contributed by atoms with Crippen molar-refractivity contribution in [2.75, 3.05) is 0 Å². The van der Waals surface area contributed by atoms with Crippen LogP contribution >= 0.6 is 7.82 Å². The van der Waals surface area contributed by atoms with Crippen molar-refractivity contribution in [2.24, 2.45) is 0 Å². The zero-order valence-electron chi connectivity index (χ0n) is 6.66. The van der Waals surface area contributed by atoms with E-state index in [4.69, 9.17) is 36.8 Å². The molecule has 0 spiro atoms. The Labute approximate surface area is 123 Å². The minimum Gasteiger partial charge on any atom is -1.00 e. The molecule has 0 aliphatic rings. The van der Waals surface area contributed by atoms with E-state index in [0.717, 1.165) is 0 Å². The van der Waals surface area contributed by atoms with Crippen LogP contribution in [0.5, 0.6) is 0 Å². The molecular weight excluding hydrogens is 280 g/mol. The number of rotatable bonds is 0. The van der Waals surface area contributed by atoms with Gasteiger partial charge >= 0.3 is 61.8 Å². The van der Waals surface area contributed by atoms with Gasteiger partial charge in [-0.2, -0.15) is 8.42 Å². The topological polar surface area (TPSA) is 192 Å². The van der Waals surface area contributed by atoms with Gasteiger partial charge in [0, 0.05) is 0 Å². The third-order valence-corrected chi connectivity index (χ3v) is 0. The van der Waals surface area contributed by atoms with E-state index in [1.165, 1.54) is 0 Å². The van der Waals surface area contributed by atoms with Crippen LogP contribution in [0, 0.1) is 0 Å². The molecule has 13 heteroatoms. The van der Waals surface area contributed by atoms with Gasteiger partial charge in [0.2, 0.25) is 0 Å². The first-order chi connectivity index (χ1) is 4.00. The molecule has 0 aliphatic heterocycles. The summed E-state index contributed by atoms with van der Waals surface area (Å²) in [4.78, 5) is 22.9. The van der Waals surface area contributed by atoms with E-state index in [9.17, 15) is 0 Å². The van der Waals surface area contributed by atoms with E-state index >= 15 is 0 Å². The van der Waals surface area contributed by atoms with Crippen LogP contribution in [0.25, 0.3) is 0 Å². The molecule has 0 bridgehead atoms. The summed E-state index contributed by atoms with van der Waals surface area (Å²) in [6.45, 7) is 0. The van der Waals surface area contributed by atoms with Crippen molar-refractivity contribution in [3.63, 3.8) is 0 Å². The maximum atomic E-state index is 8.77. The Hall–Kier alpha value is 1.87. The second-order valence-corrected chi connectivity index (χ2v) is 2.82. The number of hydrogen-bond donors (Lipinski definition) is 5. The molecule has 0 atom stereocenters. The minimum absolute atomic E-state index is 0. The fraction of sp³-hybridized carbons (Fsp3) is 0. The molecule has 0 saturated heterocycles. The van der Waals surface area contributed by atoms with Gasteiger partial charge in [-0.25, -0.2) is 0 Å². The Kier molecular flexibility index (Phi) is 27.0. The summed E-state index contributed by atoms with van der Waals surface area (Å²) < 4.78 is 40.4. The van der Waals surface area contributed by atoms with E-state index in [1.807, 2.05) is 0 Å². The zero-order chi connectivity index (χ0) is 9.00. The van der Waals surface area contributed by atoms with Crippen LogP contribution in [0.2, 0.25) is 0 Å². The van der Waals surface area contributed by atoms with Crippen LogP contribution in [0.1, 0.15) is 0 Å². The maximum absolute atomic E-state index is 8.77. The van der Waals surface area contributed by atoms with Crippen molar-refractivity contribution in [3.05, 3.63) is 0 Å². The van der Waals surface area contributed by atoms with Crippen molar-refractivity contribution in [3.8, 4) is 0 Å². The standard InChI is InChI=1S/ClH.K.H3N.H3O4P.H2O4S/c;;;2*1-5(2,3)4/h1H;;1H3;(H3,1,2,3,4);(H2,1,2,3,4)/q;+1;;;/p-1. The molecule has 0 heterocycles. The Balaban J connectivity index is -0.0000000267. The summed E-state index contributed by atoms with van der Waals surface area (Å²) in [7, 11) is -9.56. The molecule has 9 nitrogen and oxygen atoms in total. The third-order valence-electron chi connectivity index (χ3n) is 0. The van der Waals surface area contributed by atoms with Gasteiger partial charge < -0.3 is 33.2 Å². The second kappa shape index (κ2) is 11.9. The van der Waals surface area contributed by atoms with Crippen LogP contribution in [0.15, 0.2) is 0 Å². The van der Waals surface area contributed by atoms with Crippen molar-refractivity contribution in [2.45, 2.75) is 0 Å². The monoisotopic (exact) mass is 287 g/mol. The Morgan fingerprint density at radius 2 is 1.15 bits per heavy atom. The zero-order valence-corrected chi connectivity index (χ0v) is 12.2. The average Bonchev–Trinajstić information content (AvgIpc) is 1.12. The van der Waals surface area contributed by atoms with Crippen molar-refractivity contribution >= 4 is 18.2 Å². The number of halogens is 1. The van der Waals surface area contributed by atoms with Crippen molar-refractivity contribution < 1.29 is 101 Å². The molecule has 0 aromatic carbocycles. The van der Waals surface area contributed by atoms with Crippen LogP contribution in [0.3, 0.4) is 0 Å². The van der Waals surface area contributed by atoms with Crippen LogP contribution < -0.4 is 74.8 Å². The van der Waals surface area contributed by atoms with E-state index < -0.39 is 18.2 Å². The third kappa shape index (κ3) is 561. The summed E-state index contributed by atoms with van der Waals surface area (Å²) in [6.07, 6.45) is 0.